The van der Waals surface area contributed by atoms with Crippen LogP contribution in [0.2, 0.25) is 10.0 Å². The predicted molar refractivity (Wildman–Crippen MR) is 88.5 cm³/mol. The van der Waals surface area contributed by atoms with Gasteiger partial charge in [0.05, 0.1) is 18.2 Å². The standard InChI is InChI=1S/C14H19Cl2NO3S/c1-2-19-14(18)12(17)5-7-21-8-6-20-13-4-3-10(15)9-11(13)16/h3-4,9,12H,2,5-8,17H2,1H3. The molecule has 0 amide bonds. The van der Waals surface area contributed by atoms with Gasteiger partial charge in [-0.2, -0.15) is 11.8 Å². The molecule has 21 heavy (non-hydrogen) atoms. The summed E-state index contributed by atoms with van der Waals surface area (Å²) in [6.07, 6.45) is 0.588. The Labute approximate surface area is 139 Å². The number of ether oxygens (including phenoxy) is 2. The van der Waals surface area contributed by atoms with Crippen LogP contribution in [-0.2, 0) is 9.53 Å². The Morgan fingerprint density at radius 2 is 2.14 bits per heavy atom. The molecule has 0 saturated heterocycles. The van der Waals surface area contributed by atoms with Crippen LogP contribution >= 0.6 is 35.0 Å². The SMILES string of the molecule is CCOC(=O)C(N)CCSCCOc1ccc(Cl)cc1Cl. The van der Waals surface area contributed by atoms with Crippen molar-refractivity contribution in [3.8, 4) is 5.75 Å². The first kappa shape index (κ1) is 18.4. The fourth-order valence-electron chi connectivity index (χ4n) is 1.48. The van der Waals surface area contributed by atoms with Gasteiger partial charge in [-0.3, -0.25) is 4.79 Å². The van der Waals surface area contributed by atoms with E-state index in [-0.39, 0.29) is 5.97 Å². The van der Waals surface area contributed by atoms with Gasteiger partial charge in [-0.05, 0) is 37.3 Å². The van der Waals surface area contributed by atoms with Gasteiger partial charge in [0.15, 0.2) is 0 Å². The van der Waals surface area contributed by atoms with Crippen molar-refractivity contribution in [1.82, 2.24) is 0 Å². The molecule has 0 aromatic heterocycles. The molecule has 1 rings (SSSR count). The normalized spacial score (nSPS) is 12.0. The first-order valence-corrected chi connectivity index (χ1v) is 8.53. The third kappa shape index (κ3) is 7.27. The summed E-state index contributed by atoms with van der Waals surface area (Å²) in [5.74, 6) is 1.83. The minimum absolute atomic E-state index is 0.345. The maximum Gasteiger partial charge on any atom is 0.322 e. The van der Waals surface area contributed by atoms with Crippen LogP contribution < -0.4 is 10.5 Å². The molecular weight excluding hydrogens is 333 g/mol. The lowest BCUT2D eigenvalue weighted by atomic mass is 10.2. The van der Waals surface area contributed by atoms with Crippen LogP contribution in [0.5, 0.6) is 5.75 Å². The smallest absolute Gasteiger partial charge is 0.322 e. The molecule has 7 heteroatoms. The zero-order valence-corrected chi connectivity index (χ0v) is 14.1. The van der Waals surface area contributed by atoms with E-state index in [1.807, 2.05) is 0 Å². The van der Waals surface area contributed by atoms with E-state index >= 15 is 0 Å². The lowest BCUT2D eigenvalue weighted by molar-refractivity contribution is -0.144. The van der Waals surface area contributed by atoms with Crippen LogP contribution in [0.3, 0.4) is 0 Å². The molecule has 1 aromatic carbocycles. The summed E-state index contributed by atoms with van der Waals surface area (Å²) >= 11 is 13.5. The van der Waals surface area contributed by atoms with Crippen molar-refractivity contribution in [3.05, 3.63) is 28.2 Å². The van der Waals surface area contributed by atoms with E-state index in [4.69, 9.17) is 38.4 Å². The van der Waals surface area contributed by atoms with Crippen LogP contribution in [0.4, 0.5) is 0 Å². The second kappa shape index (κ2) is 10.2. The highest BCUT2D eigenvalue weighted by atomic mass is 35.5. The van der Waals surface area contributed by atoms with E-state index in [1.54, 1.807) is 36.9 Å². The van der Waals surface area contributed by atoms with Crippen LogP contribution in [0, 0.1) is 0 Å². The molecule has 118 valence electrons. The minimum atomic E-state index is -0.552. The number of esters is 1. The Morgan fingerprint density at radius 1 is 1.38 bits per heavy atom. The Hall–Kier alpha value is -0.620. The largest absolute Gasteiger partial charge is 0.491 e. The van der Waals surface area contributed by atoms with E-state index in [0.29, 0.717) is 35.4 Å². The highest BCUT2D eigenvalue weighted by molar-refractivity contribution is 7.99. The van der Waals surface area contributed by atoms with Gasteiger partial charge >= 0.3 is 5.97 Å². The molecule has 0 aliphatic heterocycles. The summed E-state index contributed by atoms with van der Waals surface area (Å²) in [5.41, 5.74) is 5.69. The van der Waals surface area contributed by atoms with Gasteiger partial charge in [0.2, 0.25) is 0 Å². The predicted octanol–water partition coefficient (Wildman–Crippen LogP) is 3.39. The molecule has 1 unspecified atom stereocenters. The van der Waals surface area contributed by atoms with Crippen molar-refractivity contribution < 1.29 is 14.3 Å². The molecule has 1 atom stereocenters. The number of carbonyl (C=O) groups is 1. The summed E-state index contributed by atoms with van der Waals surface area (Å²) in [5, 5.41) is 1.08. The molecule has 2 N–H and O–H groups in total. The maximum absolute atomic E-state index is 11.3. The highest BCUT2D eigenvalue weighted by Crippen LogP contribution is 2.27. The van der Waals surface area contributed by atoms with Crippen molar-refractivity contribution in [2.75, 3.05) is 24.7 Å². The number of hydrogen-bond acceptors (Lipinski definition) is 5. The lowest BCUT2D eigenvalue weighted by Gasteiger charge is -2.10. The second-order valence-corrected chi connectivity index (χ2v) is 6.25. The van der Waals surface area contributed by atoms with Crippen molar-refractivity contribution in [1.29, 1.82) is 0 Å². The molecule has 0 aliphatic carbocycles. The molecule has 0 spiro atoms. The lowest BCUT2D eigenvalue weighted by Crippen LogP contribution is -2.32. The summed E-state index contributed by atoms with van der Waals surface area (Å²) in [6, 6.07) is 4.56. The van der Waals surface area contributed by atoms with Crippen LogP contribution in [0.15, 0.2) is 18.2 Å². The summed E-state index contributed by atoms with van der Waals surface area (Å²) in [7, 11) is 0. The zero-order chi connectivity index (χ0) is 15.7. The van der Waals surface area contributed by atoms with Gasteiger partial charge in [-0.25, -0.2) is 0 Å². The maximum atomic E-state index is 11.3. The van der Waals surface area contributed by atoms with Crippen LogP contribution in [0.25, 0.3) is 0 Å². The number of rotatable bonds is 9. The molecular formula is C14H19Cl2NO3S. The van der Waals surface area contributed by atoms with Crippen LogP contribution in [0.1, 0.15) is 13.3 Å². The van der Waals surface area contributed by atoms with Gasteiger partial charge < -0.3 is 15.2 Å². The molecule has 1 aromatic rings. The average molecular weight is 352 g/mol. The highest BCUT2D eigenvalue weighted by Gasteiger charge is 2.13. The number of halogens is 2. The number of hydrogen-bond donors (Lipinski definition) is 1. The van der Waals surface area contributed by atoms with Crippen molar-refractivity contribution in [2.45, 2.75) is 19.4 Å². The number of thioether (sulfide) groups is 1. The minimum Gasteiger partial charge on any atom is -0.491 e. The van der Waals surface area contributed by atoms with E-state index in [2.05, 4.69) is 0 Å². The first-order chi connectivity index (χ1) is 10.0. The molecule has 0 heterocycles. The average Bonchev–Trinajstić information content (AvgIpc) is 2.44. The summed E-state index contributed by atoms with van der Waals surface area (Å²) in [4.78, 5) is 11.3. The van der Waals surface area contributed by atoms with E-state index < -0.39 is 6.04 Å². The Balaban J connectivity index is 2.13. The summed E-state index contributed by atoms with van der Waals surface area (Å²) < 4.78 is 10.4. The summed E-state index contributed by atoms with van der Waals surface area (Å²) in [6.45, 7) is 2.65. The van der Waals surface area contributed by atoms with Gasteiger partial charge in [0.25, 0.3) is 0 Å². The first-order valence-electron chi connectivity index (χ1n) is 6.62. The Morgan fingerprint density at radius 3 is 2.81 bits per heavy atom. The van der Waals surface area contributed by atoms with E-state index in [9.17, 15) is 4.79 Å². The van der Waals surface area contributed by atoms with Gasteiger partial charge in [-0.15, -0.1) is 0 Å². The molecule has 0 radical (unpaired) electrons. The van der Waals surface area contributed by atoms with E-state index in [1.165, 1.54) is 0 Å². The second-order valence-electron chi connectivity index (χ2n) is 4.18. The Bertz CT molecular complexity index is 460. The third-order valence-electron chi connectivity index (χ3n) is 2.54. The van der Waals surface area contributed by atoms with Crippen molar-refractivity contribution >= 4 is 40.9 Å². The number of nitrogens with two attached hydrogens (primary N) is 1. The monoisotopic (exact) mass is 351 g/mol. The van der Waals surface area contributed by atoms with Crippen LogP contribution in [-0.4, -0.2) is 36.7 Å². The third-order valence-corrected chi connectivity index (χ3v) is 4.05. The quantitative estimate of drug-likeness (QED) is 0.545. The van der Waals surface area contributed by atoms with Crippen molar-refractivity contribution in [2.24, 2.45) is 5.73 Å². The number of benzene rings is 1. The Kier molecular flexibility index (Phi) is 8.92. The fourth-order valence-corrected chi connectivity index (χ4v) is 2.77. The number of carbonyl (C=O) groups excluding carboxylic acids is 1. The molecule has 4 nitrogen and oxygen atoms in total. The van der Waals surface area contributed by atoms with Crippen molar-refractivity contribution in [3.63, 3.8) is 0 Å². The molecule has 0 bridgehead atoms. The fraction of sp³-hybridized carbons (Fsp3) is 0.500. The zero-order valence-electron chi connectivity index (χ0n) is 11.8. The van der Waals surface area contributed by atoms with Gasteiger partial charge in [-0.1, -0.05) is 23.2 Å². The topological polar surface area (TPSA) is 61.5 Å². The van der Waals surface area contributed by atoms with Gasteiger partial charge in [0, 0.05) is 10.8 Å². The molecule has 0 saturated carbocycles. The van der Waals surface area contributed by atoms with Gasteiger partial charge in [0.1, 0.15) is 11.8 Å². The van der Waals surface area contributed by atoms with E-state index in [0.717, 1.165) is 11.5 Å². The molecule has 0 aliphatic rings. The molecule has 0 fully saturated rings.